The molecule has 0 radical (unpaired) electrons. The maximum absolute atomic E-state index is 2.54. The summed E-state index contributed by atoms with van der Waals surface area (Å²) >= 11 is 0. The number of hydrogen-bond acceptors (Lipinski definition) is 0. The smallest absolute Gasteiger partial charge is 0.0544 e. The zero-order valence-electron chi connectivity index (χ0n) is 25.3. The van der Waals surface area contributed by atoms with Crippen LogP contribution in [-0.2, 0) is 11.8 Å². The van der Waals surface area contributed by atoms with Gasteiger partial charge in [0.2, 0.25) is 0 Å². The molecule has 1 heteroatoms. The summed E-state index contributed by atoms with van der Waals surface area (Å²) in [5.41, 5.74) is 20.6. The van der Waals surface area contributed by atoms with E-state index < -0.39 is 0 Å². The van der Waals surface area contributed by atoms with Crippen LogP contribution in [0.2, 0.25) is 0 Å². The third-order valence-corrected chi connectivity index (χ3v) is 11.2. The number of rotatable bonds is 1. The summed E-state index contributed by atoms with van der Waals surface area (Å²) in [4.78, 5) is 0. The van der Waals surface area contributed by atoms with Crippen molar-refractivity contribution in [3.63, 3.8) is 0 Å². The fourth-order valence-corrected chi connectivity index (χ4v) is 9.19. The van der Waals surface area contributed by atoms with Gasteiger partial charge in [-0.05, 0) is 103 Å². The average Bonchev–Trinajstić information content (AvgIpc) is 3.78. The molecule has 11 rings (SSSR count). The molecule has 45 heavy (non-hydrogen) atoms. The van der Waals surface area contributed by atoms with E-state index in [2.05, 4.69) is 146 Å². The molecule has 0 aliphatic heterocycles. The number of benzene rings is 7. The average molecular weight is 572 g/mol. The van der Waals surface area contributed by atoms with Crippen molar-refractivity contribution in [2.24, 2.45) is 0 Å². The molecule has 0 atom stereocenters. The van der Waals surface area contributed by atoms with Gasteiger partial charge in [-0.2, -0.15) is 0 Å². The molecule has 0 amide bonds. The molecule has 1 aromatic heterocycles. The van der Waals surface area contributed by atoms with Gasteiger partial charge in [0, 0.05) is 21.6 Å². The van der Waals surface area contributed by atoms with Gasteiger partial charge in [0.05, 0.1) is 16.7 Å². The van der Waals surface area contributed by atoms with Crippen LogP contribution in [0.25, 0.3) is 82.8 Å². The molecule has 1 heterocycles. The van der Waals surface area contributed by atoms with Crippen molar-refractivity contribution in [2.45, 2.75) is 25.7 Å². The second-order valence-corrected chi connectivity index (χ2v) is 13.6. The van der Waals surface area contributed by atoms with E-state index in [9.17, 15) is 0 Å². The third-order valence-electron chi connectivity index (χ3n) is 11.2. The molecule has 0 N–H and O–H groups in total. The molecule has 7 aromatic carbocycles. The van der Waals surface area contributed by atoms with E-state index in [1.54, 1.807) is 0 Å². The normalized spacial score (nSPS) is 14.5. The van der Waals surface area contributed by atoms with E-state index in [-0.39, 0.29) is 5.41 Å². The number of aromatic nitrogens is 1. The highest BCUT2D eigenvalue weighted by molar-refractivity contribution is 6.20. The van der Waals surface area contributed by atoms with E-state index in [4.69, 9.17) is 0 Å². The molecule has 0 saturated heterocycles. The molecule has 0 saturated carbocycles. The van der Waals surface area contributed by atoms with Crippen LogP contribution in [0.4, 0.5) is 0 Å². The molecular formula is C44H29N. The van der Waals surface area contributed by atoms with Crippen molar-refractivity contribution in [3.05, 3.63) is 150 Å². The van der Waals surface area contributed by atoms with Crippen molar-refractivity contribution < 1.29 is 0 Å². The monoisotopic (exact) mass is 571 g/mol. The predicted octanol–water partition coefficient (Wildman–Crippen LogP) is 11.5. The number of fused-ring (bicyclic) bond motifs is 13. The van der Waals surface area contributed by atoms with Gasteiger partial charge in [0.25, 0.3) is 0 Å². The second kappa shape index (κ2) is 8.00. The Balaban J connectivity index is 1.21. The summed E-state index contributed by atoms with van der Waals surface area (Å²) in [5, 5.41) is 5.32. The first kappa shape index (κ1) is 24.0. The van der Waals surface area contributed by atoms with Crippen molar-refractivity contribution in [1.29, 1.82) is 0 Å². The maximum Gasteiger partial charge on any atom is 0.0544 e. The van der Waals surface area contributed by atoms with Crippen molar-refractivity contribution in [2.75, 3.05) is 0 Å². The number of para-hydroxylation sites is 1. The largest absolute Gasteiger partial charge is 0.309 e. The topological polar surface area (TPSA) is 4.93 Å². The SMILES string of the molecule is CC1(C)c2ccccc2-c2cc3c4ccccc4n(-c4ccc5c6c(cccc46)-c4c-5ccc5c4Cc4ccccc4-5)c3cc21. The fourth-order valence-electron chi connectivity index (χ4n) is 9.19. The van der Waals surface area contributed by atoms with Gasteiger partial charge in [-0.15, -0.1) is 0 Å². The van der Waals surface area contributed by atoms with E-state index in [1.807, 2.05) is 0 Å². The van der Waals surface area contributed by atoms with Gasteiger partial charge >= 0.3 is 0 Å². The van der Waals surface area contributed by atoms with Crippen molar-refractivity contribution >= 4 is 32.6 Å². The first-order chi connectivity index (χ1) is 22.1. The molecule has 1 nitrogen and oxygen atoms in total. The van der Waals surface area contributed by atoms with Gasteiger partial charge in [-0.3, -0.25) is 0 Å². The van der Waals surface area contributed by atoms with Gasteiger partial charge < -0.3 is 4.57 Å². The molecule has 210 valence electrons. The van der Waals surface area contributed by atoms with Crippen LogP contribution >= 0.6 is 0 Å². The van der Waals surface area contributed by atoms with E-state index in [1.165, 1.54) is 105 Å². The van der Waals surface area contributed by atoms with Crippen LogP contribution in [0.15, 0.2) is 127 Å². The Morgan fingerprint density at radius 2 is 1.22 bits per heavy atom. The summed E-state index contributed by atoms with van der Waals surface area (Å²) in [7, 11) is 0. The highest BCUT2D eigenvalue weighted by Gasteiger charge is 2.36. The van der Waals surface area contributed by atoms with E-state index in [0.29, 0.717) is 0 Å². The lowest BCUT2D eigenvalue weighted by Gasteiger charge is -2.22. The lowest BCUT2D eigenvalue weighted by Crippen LogP contribution is -2.15. The van der Waals surface area contributed by atoms with Crippen LogP contribution in [-0.4, -0.2) is 4.57 Å². The zero-order chi connectivity index (χ0) is 29.6. The predicted molar refractivity (Wildman–Crippen MR) is 189 cm³/mol. The van der Waals surface area contributed by atoms with Crippen LogP contribution < -0.4 is 0 Å². The Morgan fingerprint density at radius 3 is 2.16 bits per heavy atom. The lowest BCUT2D eigenvalue weighted by molar-refractivity contribution is 0.661. The molecule has 3 aliphatic carbocycles. The van der Waals surface area contributed by atoms with Crippen LogP contribution in [0.1, 0.15) is 36.1 Å². The van der Waals surface area contributed by atoms with Gasteiger partial charge in [0.1, 0.15) is 0 Å². The Kier molecular flexibility index (Phi) is 4.26. The molecule has 8 aromatic rings. The van der Waals surface area contributed by atoms with Crippen molar-refractivity contribution in [1.82, 2.24) is 4.57 Å². The summed E-state index contributed by atoms with van der Waals surface area (Å²) in [6, 6.07) is 48.2. The van der Waals surface area contributed by atoms with Crippen molar-refractivity contribution in [3.8, 4) is 50.2 Å². The molecule has 3 aliphatic rings. The Hall–Kier alpha value is -5.40. The maximum atomic E-state index is 2.54. The van der Waals surface area contributed by atoms with Crippen LogP contribution in [0, 0.1) is 0 Å². The minimum atomic E-state index is -0.0526. The third kappa shape index (κ3) is 2.81. The minimum absolute atomic E-state index is 0.0526. The Morgan fingerprint density at radius 1 is 0.489 bits per heavy atom. The molecule has 0 spiro atoms. The zero-order valence-corrected chi connectivity index (χ0v) is 25.3. The summed E-state index contributed by atoms with van der Waals surface area (Å²) in [6.07, 6.45) is 1.00. The lowest BCUT2D eigenvalue weighted by atomic mass is 9.82. The highest BCUT2D eigenvalue weighted by Crippen LogP contribution is 2.55. The second-order valence-electron chi connectivity index (χ2n) is 13.6. The van der Waals surface area contributed by atoms with Gasteiger partial charge in [0.15, 0.2) is 0 Å². The van der Waals surface area contributed by atoms with Gasteiger partial charge in [-0.25, -0.2) is 0 Å². The Labute approximate surface area is 262 Å². The Bertz CT molecular complexity index is 2640. The summed E-state index contributed by atoms with van der Waals surface area (Å²) in [5.74, 6) is 0. The quantitative estimate of drug-likeness (QED) is 0.185. The highest BCUT2D eigenvalue weighted by atomic mass is 15.0. The summed E-state index contributed by atoms with van der Waals surface area (Å²) < 4.78 is 2.54. The molecular weight excluding hydrogens is 542 g/mol. The summed E-state index contributed by atoms with van der Waals surface area (Å²) in [6.45, 7) is 4.76. The van der Waals surface area contributed by atoms with E-state index >= 15 is 0 Å². The van der Waals surface area contributed by atoms with Crippen LogP contribution in [0.3, 0.4) is 0 Å². The first-order valence-corrected chi connectivity index (χ1v) is 16.1. The number of hydrogen-bond donors (Lipinski definition) is 0. The molecule has 0 unspecified atom stereocenters. The molecule has 0 bridgehead atoms. The fraction of sp³-hybridized carbons (Fsp3) is 0.0909. The number of nitrogens with zero attached hydrogens (tertiary/aromatic N) is 1. The van der Waals surface area contributed by atoms with E-state index in [0.717, 1.165) is 6.42 Å². The van der Waals surface area contributed by atoms with Gasteiger partial charge in [-0.1, -0.05) is 117 Å². The van der Waals surface area contributed by atoms with Crippen LogP contribution in [0.5, 0.6) is 0 Å². The standard InChI is InChI=1S/C44H29N/c1-44(2)37-16-7-5-12-28(37)34-23-35-29-13-6-8-17-39(29)45(41(35)24-38(34)44)40-21-20-31-30-19-18-27-26-11-4-3-10-25(26)22-36(27)43(30)33-15-9-14-32(40)42(31)33/h3-21,23-24H,22H2,1-2H3. The first-order valence-electron chi connectivity index (χ1n) is 16.1. The molecule has 0 fully saturated rings. The minimum Gasteiger partial charge on any atom is -0.309 e.